The fourth-order valence-electron chi connectivity index (χ4n) is 4.06. The van der Waals surface area contributed by atoms with Crippen molar-refractivity contribution in [3.63, 3.8) is 0 Å². The first-order valence-corrected chi connectivity index (χ1v) is 21.1. The van der Waals surface area contributed by atoms with E-state index in [-0.39, 0.29) is 16.5 Å². The molecule has 0 bridgehead atoms. The minimum absolute atomic E-state index is 0.0515. The Morgan fingerprint density at radius 1 is 0.935 bits per heavy atom. The molecule has 0 spiro atoms. The Labute approximate surface area is 194 Å². The summed E-state index contributed by atoms with van der Waals surface area (Å²) in [6.07, 6.45) is 9.60. The van der Waals surface area contributed by atoms with Crippen LogP contribution in [0.25, 0.3) is 0 Å². The Bertz CT molecular complexity index is 672. The molecule has 0 aliphatic rings. The number of amides is 1. The number of nitro benzene ring substituents is 1. The predicted molar refractivity (Wildman–Crippen MR) is 134 cm³/mol. The molecule has 1 aromatic carbocycles. The van der Waals surface area contributed by atoms with E-state index >= 15 is 0 Å². The Kier molecular flexibility index (Phi) is 13.5. The fraction of sp³-hybridized carbons (Fsp3) is 0.720. The Hall–Kier alpha value is -1.01. The van der Waals surface area contributed by atoms with Gasteiger partial charge in [-0.2, -0.15) is 0 Å². The Balaban J connectivity index is 2.82. The summed E-state index contributed by atoms with van der Waals surface area (Å²) in [5, 5.41) is 11.4. The summed E-state index contributed by atoms with van der Waals surface area (Å²) in [4.78, 5) is 25.6. The van der Waals surface area contributed by atoms with E-state index in [9.17, 15) is 14.9 Å². The second kappa shape index (κ2) is 14.9. The zero-order valence-corrected chi connectivity index (χ0v) is 23.6. The van der Waals surface area contributed by atoms with Gasteiger partial charge in [0.15, 0.2) is 0 Å². The van der Waals surface area contributed by atoms with E-state index in [4.69, 9.17) is 0 Å². The quantitative estimate of drug-likeness (QED) is 0.141. The number of benzene rings is 1. The van der Waals surface area contributed by atoms with Crippen molar-refractivity contribution in [2.24, 2.45) is 0 Å². The molecule has 0 aliphatic carbocycles. The van der Waals surface area contributed by atoms with Gasteiger partial charge in [0.2, 0.25) is 0 Å². The van der Waals surface area contributed by atoms with Crippen LogP contribution >= 0.6 is 0 Å². The Morgan fingerprint density at radius 2 is 1.45 bits per heavy atom. The summed E-state index contributed by atoms with van der Waals surface area (Å²) in [5.41, 5.74) is 1.14. The average Bonchev–Trinajstić information content (AvgIpc) is 2.78. The third-order valence-corrected chi connectivity index (χ3v) is 24.1. The zero-order chi connectivity index (χ0) is 23.3. The molecular weight excluding hydrogens is 585 g/mol. The van der Waals surface area contributed by atoms with Crippen molar-refractivity contribution in [3.05, 3.63) is 39.4 Å². The second-order valence-corrected chi connectivity index (χ2v) is 24.5. The maximum absolute atomic E-state index is 12.9. The third kappa shape index (κ3) is 9.17. The van der Waals surface area contributed by atoms with Crippen molar-refractivity contribution in [1.82, 2.24) is 4.90 Å². The summed E-state index contributed by atoms with van der Waals surface area (Å²) in [7, 11) is 1.84. The van der Waals surface area contributed by atoms with Gasteiger partial charge in [0.1, 0.15) is 0 Å². The van der Waals surface area contributed by atoms with Crippen LogP contribution in [0.1, 0.15) is 88.6 Å². The standard InChI is InChI=1S/C13H17N2O3.3C4H9.Po/c1-4-8-14(3)13(16)11-7-6-10(5-2)12(9-11)15(17)18;3*1-3-4-2;/h6-7,9H,1,4-5,8H2,2-3H3;3*1,3-4H2,2H3;. The topological polar surface area (TPSA) is 63.5 Å². The fourth-order valence-corrected chi connectivity index (χ4v) is 22.2. The van der Waals surface area contributed by atoms with E-state index < -0.39 is 20.6 Å². The van der Waals surface area contributed by atoms with E-state index in [1.54, 1.807) is 17.0 Å². The summed E-state index contributed by atoms with van der Waals surface area (Å²) in [5.74, 6) is -0.109. The van der Waals surface area contributed by atoms with Gasteiger partial charge in [-0.1, -0.05) is 0 Å². The number of hydrogen-bond donors (Lipinski definition) is 0. The molecule has 0 heterocycles. The van der Waals surface area contributed by atoms with Crippen LogP contribution in [0.4, 0.5) is 5.69 Å². The van der Waals surface area contributed by atoms with Crippen LogP contribution in [-0.4, -0.2) is 49.9 Å². The number of aryl methyl sites for hydroxylation is 1. The molecule has 31 heavy (non-hydrogen) atoms. The van der Waals surface area contributed by atoms with Crippen LogP contribution in [0.2, 0.25) is 16.3 Å². The second-order valence-electron chi connectivity index (χ2n) is 8.64. The molecule has 0 saturated heterocycles. The number of unbranched alkanes of at least 4 members (excludes halogenated alkanes) is 3. The van der Waals surface area contributed by atoms with Crippen molar-refractivity contribution in [2.75, 3.05) is 13.6 Å². The molecule has 0 saturated carbocycles. The molecule has 0 N–H and O–H groups in total. The van der Waals surface area contributed by atoms with Crippen molar-refractivity contribution in [2.45, 2.75) is 95.4 Å². The third-order valence-electron chi connectivity index (χ3n) is 6.12. The van der Waals surface area contributed by atoms with E-state index in [0.717, 1.165) is 13.0 Å². The van der Waals surface area contributed by atoms with E-state index in [1.807, 2.05) is 14.0 Å². The molecule has 0 atom stereocenters. The minimum atomic E-state index is -2.15. The van der Waals surface area contributed by atoms with E-state index in [2.05, 4.69) is 20.8 Å². The summed E-state index contributed by atoms with van der Waals surface area (Å²) in [6.45, 7) is 9.52. The van der Waals surface area contributed by atoms with Gasteiger partial charge in [0.05, 0.1) is 0 Å². The first kappa shape index (κ1) is 28.0. The van der Waals surface area contributed by atoms with Gasteiger partial charge in [-0.05, 0) is 0 Å². The van der Waals surface area contributed by atoms with Crippen LogP contribution in [0.3, 0.4) is 0 Å². The Morgan fingerprint density at radius 3 is 1.90 bits per heavy atom. The van der Waals surface area contributed by atoms with Crippen LogP contribution in [0.5, 0.6) is 0 Å². The van der Waals surface area contributed by atoms with Crippen LogP contribution < -0.4 is 0 Å². The molecular formula is C25H44N2O3Po. The van der Waals surface area contributed by atoms with Gasteiger partial charge in [0, 0.05) is 0 Å². The summed E-state index contributed by atoms with van der Waals surface area (Å²) < 4.78 is 5.84. The van der Waals surface area contributed by atoms with Gasteiger partial charge in [-0.3, -0.25) is 0 Å². The number of carbonyl (C=O) groups is 1. The monoisotopic (exact) mass is 629 g/mol. The van der Waals surface area contributed by atoms with Crippen LogP contribution in [0.15, 0.2) is 18.2 Å². The van der Waals surface area contributed by atoms with Crippen LogP contribution in [-0.2, 0) is 6.42 Å². The SMILES string of the molecule is CCC[CH2][Po]([CH2]CCC)([CH2]CCC)[CH2]CCN(C)C(=O)c1ccc(CC)c([N+](=O)[O-])c1. The molecule has 0 fully saturated rings. The van der Waals surface area contributed by atoms with Gasteiger partial charge in [0.25, 0.3) is 0 Å². The molecule has 0 radical (unpaired) electrons. The van der Waals surface area contributed by atoms with Gasteiger partial charge in [-0.25, -0.2) is 0 Å². The van der Waals surface area contributed by atoms with Gasteiger partial charge in [-0.15, -0.1) is 0 Å². The van der Waals surface area contributed by atoms with Crippen molar-refractivity contribution < 1.29 is 9.72 Å². The average molecular weight is 630 g/mol. The number of carbonyl (C=O) groups excluding carboxylic acids is 1. The first-order chi connectivity index (χ1) is 14.8. The molecule has 1 rings (SSSR count). The summed E-state index contributed by atoms with van der Waals surface area (Å²) >= 11 is -2.15. The number of nitro groups is 1. The molecule has 178 valence electrons. The van der Waals surface area contributed by atoms with Gasteiger partial charge >= 0.3 is 195 Å². The predicted octanol–water partition coefficient (Wildman–Crippen LogP) is 7.47. The maximum atomic E-state index is 12.9. The number of hydrogen-bond acceptors (Lipinski definition) is 3. The number of rotatable bonds is 16. The molecule has 0 unspecified atom stereocenters. The van der Waals surface area contributed by atoms with Crippen molar-refractivity contribution in [3.8, 4) is 0 Å². The normalized spacial score (nSPS) is 12.0. The van der Waals surface area contributed by atoms with Crippen molar-refractivity contribution >= 4 is 32.2 Å². The number of nitrogens with zero attached hydrogens (tertiary/aromatic N) is 2. The van der Waals surface area contributed by atoms with Gasteiger partial charge < -0.3 is 0 Å². The van der Waals surface area contributed by atoms with Crippen molar-refractivity contribution in [1.29, 1.82) is 0 Å². The zero-order valence-electron chi connectivity index (χ0n) is 20.5. The first-order valence-electron chi connectivity index (χ1n) is 12.1. The molecule has 5 nitrogen and oxygen atoms in total. The molecule has 1 amide bonds. The van der Waals surface area contributed by atoms with E-state index in [0.29, 0.717) is 17.5 Å². The summed E-state index contributed by atoms with van der Waals surface area (Å²) in [6, 6.07) is 4.91. The molecule has 0 aromatic heterocycles. The molecule has 0 aliphatic heterocycles. The van der Waals surface area contributed by atoms with E-state index in [1.165, 1.54) is 60.9 Å². The van der Waals surface area contributed by atoms with Crippen LogP contribution in [0, 0.1) is 10.1 Å². The molecule has 6 heteroatoms. The molecule has 1 aromatic rings.